The number of unbranched alkanes of at least 4 members (excludes halogenated alkanes) is 6. The van der Waals surface area contributed by atoms with E-state index in [1.165, 1.54) is 43.0 Å². The highest BCUT2D eigenvalue weighted by Gasteiger charge is 2.33. The Balaban J connectivity index is 1.63. The van der Waals surface area contributed by atoms with E-state index in [1.54, 1.807) is 9.47 Å². The van der Waals surface area contributed by atoms with Crippen LogP contribution < -0.4 is 10.5 Å². The van der Waals surface area contributed by atoms with Gasteiger partial charge in [-0.2, -0.15) is 5.26 Å². The summed E-state index contributed by atoms with van der Waals surface area (Å²) in [5.41, 5.74) is 2.60. The van der Waals surface area contributed by atoms with Gasteiger partial charge >= 0.3 is 0 Å². The van der Waals surface area contributed by atoms with Gasteiger partial charge < -0.3 is 4.90 Å². The quantitative estimate of drug-likeness (QED) is 0.132. The van der Waals surface area contributed by atoms with E-state index in [4.69, 9.17) is 12.2 Å². The van der Waals surface area contributed by atoms with Gasteiger partial charge in [0, 0.05) is 51.4 Å². The van der Waals surface area contributed by atoms with Gasteiger partial charge in [-0.15, -0.1) is 0 Å². The lowest BCUT2D eigenvalue weighted by Crippen LogP contribution is -2.48. The number of amides is 1. The van der Waals surface area contributed by atoms with Crippen molar-refractivity contribution in [2.75, 3.05) is 37.6 Å². The second kappa shape index (κ2) is 16.2. The van der Waals surface area contributed by atoms with Crippen LogP contribution >= 0.6 is 24.0 Å². The summed E-state index contributed by atoms with van der Waals surface area (Å²) in [6.45, 7) is 11.4. The number of thioether (sulfide) groups is 1. The zero-order valence-corrected chi connectivity index (χ0v) is 27.6. The van der Waals surface area contributed by atoms with Crippen molar-refractivity contribution in [3.8, 4) is 6.07 Å². The average molecular weight is 620 g/mol. The molecule has 1 aromatic carbocycles. The zero-order valence-electron chi connectivity index (χ0n) is 25.9. The maximum absolute atomic E-state index is 13.6. The molecular weight excluding hydrogens is 575 g/mol. The number of nitrogens with zero attached hydrogens (tertiary/aromatic N) is 5. The third-order valence-electron chi connectivity index (χ3n) is 8.39. The van der Waals surface area contributed by atoms with Gasteiger partial charge in [0.05, 0.1) is 4.91 Å². The third-order valence-corrected chi connectivity index (χ3v) is 9.76. The smallest absolute Gasteiger partial charge is 0.270 e. The molecule has 2 fully saturated rings. The van der Waals surface area contributed by atoms with Crippen molar-refractivity contribution in [1.29, 1.82) is 5.26 Å². The van der Waals surface area contributed by atoms with Gasteiger partial charge in [-0.05, 0) is 37.0 Å². The van der Waals surface area contributed by atoms with Crippen molar-refractivity contribution < 1.29 is 4.79 Å². The molecule has 230 valence electrons. The molecule has 0 spiro atoms. The lowest BCUT2D eigenvalue weighted by molar-refractivity contribution is -0.122. The van der Waals surface area contributed by atoms with Crippen LogP contribution in [-0.2, 0) is 17.9 Å². The molecule has 2 aromatic rings. The van der Waals surface area contributed by atoms with Gasteiger partial charge in [0.25, 0.3) is 11.5 Å². The van der Waals surface area contributed by atoms with Crippen LogP contribution in [-0.4, -0.2) is 57.3 Å². The first-order valence-corrected chi connectivity index (χ1v) is 17.1. The number of hydrogen-bond acceptors (Lipinski definition) is 7. The first-order valence-electron chi connectivity index (χ1n) is 15.8. The Hall–Kier alpha value is -2.93. The summed E-state index contributed by atoms with van der Waals surface area (Å²) in [4.78, 5) is 34.2. The van der Waals surface area contributed by atoms with Gasteiger partial charge in [0.1, 0.15) is 21.8 Å². The van der Waals surface area contributed by atoms with Crippen LogP contribution in [0.3, 0.4) is 0 Å². The standard InChI is InChI=1S/C34H45N5O2S2/c1-4-6-8-9-10-14-18-39-33(41)30(43-34(39)42)23-28-26(3)29(24-35)32(40)38(17-7-5-2)31(28)37-21-19-36(20-22-37)25-27-15-12-11-13-16-27/h11-13,15-16,23H,4-10,14,17-22,25H2,1-3H3/b30-23-. The van der Waals surface area contributed by atoms with E-state index in [0.717, 1.165) is 69.8 Å². The van der Waals surface area contributed by atoms with Crippen LogP contribution in [0.25, 0.3) is 6.08 Å². The molecule has 9 heteroatoms. The van der Waals surface area contributed by atoms with Crippen molar-refractivity contribution in [3.63, 3.8) is 0 Å². The molecule has 1 amide bonds. The highest BCUT2D eigenvalue weighted by molar-refractivity contribution is 8.26. The summed E-state index contributed by atoms with van der Waals surface area (Å²) in [6.07, 6.45) is 10.5. The Bertz CT molecular complexity index is 1400. The fraction of sp³-hybridized carbons (Fsp3) is 0.529. The molecule has 0 bridgehead atoms. The number of rotatable bonds is 14. The number of carbonyl (C=O) groups excluding carboxylic acids is 1. The van der Waals surface area contributed by atoms with Crippen LogP contribution in [0.1, 0.15) is 87.5 Å². The average Bonchev–Trinajstić information content (AvgIpc) is 3.28. The Kier molecular flexibility index (Phi) is 12.4. The van der Waals surface area contributed by atoms with E-state index in [-0.39, 0.29) is 17.0 Å². The van der Waals surface area contributed by atoms with Gasteiger partial charge in [-0.25, -0.2) is 0 Å². The number of aromatic nitrogens is 1. The molecule has 1 aromatic heterocycles. The number of pyridine rings is 1. The Morgan fingerprint density at radius 3 is 2.28 bits per heavy atom. The summed E-state index contributed by atoms with van der Waals surface area (Å²) in [6, 6.07) is 12.6. The van der Waals surface area contributed by atoms with Crippen LogP contribution in [0.15, 0.2) is 40.0 Å². The number of piperazine rings is 1. The Labute approximate surface area is 266 Å². The van der Waals surface area contributed by atoms with Crippen molar-refractivity contribution >= 4 is 46.1 Å². The molecule has 0 atom stereocenters. The second-order valence-corrected chi connectivity index (χ2v) is 13.2. The summed E-state index contributed by atoms with van der Waals surface area (Å²) in [5.74, 6) is 0.738. The molecule has 2 aliphatic heterocycles. The third kappa shape index (κ3) is 8.17. The first kappa shape index (κ1) is 33.0. The summed E-state index contributed by atoms with van der Waals surface area (Å²) >= 11 is 6.97. The second-order valence-electron chi connectivity index (χ2n) is 11.5. The summed E-state index contributed by atoms with van der Waals surface area (Å²) in [7, 11) is 0. The van der Waals surface area contributed by atoms with Gasteiger partial charge in [0.15, 0.2) is 0 Å². The molecule has 43 heavy (non-hydrogen) atoms. The van der Waals surface area contributed by atoms with Crippen LogP contribution in [0.2, 0.25) is 0 Å². The van der Waals surface area contributed by atoms with Gasteiger partial charge in [-0.1, -0.05) is 107 Å². The maximum atomic E-state index is 13.6. The van der Waals surface area contributed by atoms with E-state index in [1.807, 2.05) is 19.1 Å². The number of anilines is 1. The SMILES string of the molecule is CCCCCCCCN1C(=O)/C(=C/c2c(C)c(C#N)c(=O)n(CCCC)c2N2CCN(Cc3ccccc3)CC2)SC1=S. The highest BCUT2D eigenvalue weighted by atomic mass is 32.2. The Morgan fingerprint density at radius 1 is 0.930 bits per heavy atom. The Morgan fingerprint density at radius 2 is 1.60 bits per heavy atom. The summed E-state index contributed by atoms with van der Waals surface area (Å²) < 4.78 is 2.36. The number of nitriles is 1. The minimum atomic E-state index is -0.247. The largest absolute Gasteiger partial charge is 0.355 e. The molecule has 0 unspecified atom stereocenters. The molecule has 0 radical (unpaired) electrons. The number of hydrogen-bond donors (Lipinski definition) is 0. The molecule has 3 heterocycles. The molecule has 7 nitrogen and oxygen atoms in total. The van der Waals surface area contributed by atoms with Crippen molar-refractivity contribution in [2.45, 2.75) is 85.2 Å². The molecule has 4 rings (SSSR count). The lowest BCUT2D eigenvalue weighted by atomic mass is 10.0. The van der Waals surface area contributed by atoms with Crippen LogP contribution in [0.5, 0.6) is 0 Å². The predicted molar refractivity (Wildman–Crippen MR) is 182 cm³/mol. The monoisotopic (exact) mass is 619 g/mol. The zero-order chi connectivity index (χ0) is 30.8. The lowest BCUT2D eigenvalue weighted by Gasteiger charge is -2.38. The topological polar surface area (TPSA) is 72.6 Å². The molecule has 2 saturated heterocycles. The summed E-state index contributed by atoms with van der Waals surface area (Å²) in [5, 5.41) is 10.0. The molecule has 0 saturated carbocycles. The molecule has 0 N–H and O–H groups in total. The predicted octanol–water partition coefficient (Wildman–Crippen LogP) is 6.71. The molecule has 2 aliphatic rings. The number of thiocarbonyl (C=S) groups is 1. The first-order chi connectivity index (χ1) is 20.9. The van der Waals surface area contributed by atoms with E-state index in [0.29, 0.717) is 27.9 Å². The van der Waals surface area contributed by atoms with Crippen molar-refractivity contribution in [2.24, 2.45) is 0 Å². The van der Waals surface area contributed by atoms with Gasteiger partial charge in [0.2, 0.25) is 0 Å². The fourth-order valence-electron chi connectivity index (χ4n) is 5.84. The highest BCUT2D eigenvalue weighted by Crippen LogP contribution is 2.36. The number of carbonyl (C=O) groups is 1. The van der Waals surface area contributed by atoms with Crippen molar-refractivity contribution in [3.05, 3.63) is 67.8 Å². The van der Waals surface area contributed by atoms with Crippen LogP contribution in [0.4, 0.5) is 5.82 Å². The van der Waals surface area contributed by atoms with Crippen molar-refractivity contribution in [1.82, 2.24) is 14.4 Å². The van der Waals surface area contributed by atoms with E-state index < -0.39 is 0 Å². The number of benzene rings is 1. The van der Waals surface area contributed by atoms with E-state index in [9.17, 15) is 14.9 Å². The van der Waals surface area contributed by atoms with E-state index >= 15 is 0 Å². The molecule has 0 aliphatic carbocycles. The van der Waals surface area contributed by atoms with Crippen LogP contribution in [0, 0.1) is 18.3 Å². The van der Waals surface area contributed by atoms with Gasteiger partial charge in [-0.3, -0.25) is 24.0 Å². The normalized spacial score (nSPS) is 16.8. The minimum absolute atomic E-state index is 0.0774. The minimum Gasteiger partial charge on any atom is -0.355 e. The molecular formula is C34H45N5O2S2. The fourth-order valence-corrected chi connectivity index (χ4v) is 7.13. The maximum Gasteiger partial charge on any atom is 0.270 e. The van der Waals surface area contributed by atoms with E-state index in [2.05, 4.69) is 54.0 Å².